The first kappa shape index (κ1) is 18.0. The summed E-state index contributed by atoms with van der Waals surface area (Å²) >= 11 is 6.03. The molecule has 0 saturated carbocycles. The minimum Gasteiger partial charge on any atom is -0.492 e. The number of carbonyl (C=O) groups excluding carboxylic acids is 1. The van der Waals surface area contributed by atoms with Gasteiger partial charge in [-0.05, 0) is 31.0 Å². The minimum atomic E-state index is -0.532. The van der Waals surface area contributed by atoms with E-state index in [0.29, 0.717) is 23.1 Å². The fourth-order valence-electron chi connectivity index (χ4n) is 1.38. The average Bonchev–Trinajstić information content (AvgIpc) is 2.31. The van der Waals surface area contributed by atoms with Crippen LogP contribution in [0.25, 0.3) is 0 Å². The minimum absolute atomic E-state index is 0. The predicted octanol–water partition coefficient (Wildman–Crippen LogP) is 3.08. The van der Waals surface area contributed by atoms with Crippen LogP contribution in [0.2, 0.25) is 5.02 Å². The molecule has 0 aliphatic heterocycles. The summed E-state index contributed by atoms with van der Waals surface area (Å²) in [5, 5.41) is 3.19. The molecule has 0 saturated heterocycles. The Balaban J connectivity index is 0.00000324. The van der Waals surface area contributed by atoms with E-state index in [2.05, 4.69) is 5.32 Å². The first-order chi connectivity index (χ1) is 8.45. The summed E-state index contributed by atoms with van der Waals surface area (Å²) in [5.41, 5.74) is 6.37. The van der Waals surface area contributed by atoms with Gasteiger partial charge in [0.2, 0.25) is 5.91 Å². The summed E-state index contributed by atoms with van der Waals surface area (Å²) in [4.78, 5) is 11.8. The maximum atomic E-state index is 11.8. The number of nitrogens with one attached hydrogen (secondary N) is 1. The van der Waals surface area contributed by atoms with Crippen molar-refractivity contribution in [1.82, 2.24) is 0 Å². The Morgan fingerprint density at radius 2 is 2.11 bits per heavy atom. The predicted molar refractivity (Wildman–Crippen MR) is 81.3 cm³/mol. The van der Waals surface area contributed by atoms with Crippen LogP contribution in [0.3, 0.4) is 0 Å². The summed E-state index contributed by atoms with van der Waals surface area (Å²) in [6.45, 7) is 6.22. The van der Waals surface area contributed by atoms with Crippen LogP contribution in [0.5, 0.6) is 5.75 Å². The lowest BCUT2D eigenvalue weighted by molar-refractivity contribution is -0.118. The zero-order valence-electron chi connectivity index (χ0n) is 11.3. The largest absolute Gasteiger partial charge is 0.492 e. The van der Waals surface area contributed by atoms with Gasteiger partial charge in [0, 0.05) is 5.69 Å². The van der Waals surface area contributed by atoms with Crippen LogP contribution in [-0.2, 0) is 4.79 Å². The van der Waals surface area contributed by atoms with E-state index in [1.165, 1.54) is 0 Å². The van der Waals surface area contributed by atoms with Crippen molar-refractivity contribution < 1.29 is 9.53 Å². The topological polar surface area (TPSA) is 64.3 Å². The monoisotopic (exact) mass is 306 g/mol. The second-order valence-electron chi connectivity index (χ2n) is 4.34. The Hall–Kier alpha value is -0.970. The van der Waals surface area contributed by atoms with Gasteiger partial charge in [0.15, 0.2) is 0 Å². The van der Waals surface area contributed by atoms with Gasteiger partial charge in [-0.15, -0.1) is 12.4 Å². The lowest BCUT2D eigenvalue weighted by atomic mass is 10.0. The third kappa shape index (κ3) is 5.27. The zero-order chi connectivity index (χ0) is 13.7. The third-order valence-corrected chi connectivity index (χ3v) is 2.82. The van der Waals surface area contributed by atoms with E-state index in [1.54, 1.807) is 18.2 Å². The second-order valence-corrected chi connectivity index (χ2v) is 4.74. The third-order valence-electron chi connectivity index (χ3n) is 2.52. The Morgan fingerprint density at radius 1 is 1.47 bits per heavy atom. The van der Waals surface area contributed by atoms with E-state index in [1.807, 2.05) is 20.8 Å². The normalized spacial score (nSPS) is 11.7. The van der Waals surface area contributed by atoms with Gasteiger partial charge < -0.3 is 15.8 Å². The molecule has 0 spiro atoms. The van der Waals surface area contributed by atoms with Crippen molar-refractivity contribution in [2.24, 2.45) is 11.7 Å². The van der Waals surface area contributed by atoms with Gasteiger partial charge in [-0.1, -0.05) is 25.4 Å². The average molecular weight is 307 g/mol. The molecule has 1 rings (SSSR count). The summed E-state index contributed by atoms with van der Waals surface area (Å²) in [6.07, 6.45) is 0. The van der Waals surface area contributed by atoms with Crippen molar-refractivity contribution in [3.63, 3.8) is 0 Å². The maximum absolute atomic E-state index is 11.8. The van der Waals surface area contributed by atoms with Crippen molar-refractivity contribution in [2.75, 3.05) is 11.9 Å². The molecule has 6 heteroatoms. The highest BCUT2D eigenvalue weighted by molar-refractivity contribution is 6.32. The fourth-order valence-corrected chi connectivity index (χ4v) is 1.61. The molecule has 4 nitrogen and oxygen atoms in total. The van der Waals surface area contributed by atoms with Gasteiger partial charge in [0.25, 0.3) is 0 Å². The van der Waals surface area contributed by atoms with Gasteiger partial charge in [0.05, 0.1) is 17.7 Å². The van der Waals surface area contributed by atoms with Crippen molar-refractivity contribution >= 4 is 35.6 Å². The smallest absolute Gasteiger partial charge is 0.241 e. The number of nitrogens with two attached hydrogens (primary N) is 1. The van der Waals surface area contributed by atoms with Crippen molar-refractivity contribution in [3.05, 3.63) is 23.2 Å². The molecule has 0 bridgehead atoms. The van der Waals surface area contributed by atoms with Gasteiger partial charge in [0.1, 0.15) is 5.75 Å². The molecule has 1 amide bonds. The van der Waals surface area contributed by atoms with Crippen LogP contribution in [0.15, 0.2) is 18.2 Å². The second kappa shape index (κ2) is 8.25. The van der Waals surface area contributed by atoms with E-state index < -0.39 is 6.04 Å². The number of anilines is 1. The number of halogens is 2. The Morgan fingerprint density at radius 3 is 2.58 bits per heavy atom. The van der Waals surface area contributed by atoms with E-state index in [4.69, 9.17) is 22.1 Å². The quantitative estimate of drug-likeness (QED) is 0.878. The molecular formula is C13H20Cl2N2O2. The molecule has 19 heavy (non-hydrogen) atoms. The molecule has 108 valence electrons. The number of rotatable bonds is 5. The molecule has 0 fully saturated rings. The van der Waals surface area contributed by atoms with Crippen LogP contribution >= 0.6 is 24.0 Å². The molecule has 1 unspecified atom stereocenters. The zero-order valence-corrected chi connectivity index (χ0v) is 12.8. The standard InChI is InChI=1S/C13H19ClN2O2.ClH/c1-4-18-11-6-5-9(7-10(11)14)16-13(17)12(15)8(2)3;/h5-8,12H,4,15H2,1-3H3,(H,16,17);1H. The molecule has 0 aromatic heterocycles. The molecule has 1 aromatic rings. The Labute approximate surface area is 125 Å². The molecule has 1 atom stereocenters. The van der Waals surface area contributed by atoms with E-state index in [9.17, 15) is 4.79 Å². The number of hydrogen-bond acceptors (Lipinski definition) is 3. The number of ether oxygens (including phenoxy) is 1. The molecule has 0 heterocycles. The number of carbonyl (C=O) groups is 1. The van der Waals surface area contributed by atoms with E-state index in [-0.39, 0.29) is 24.2 Å². The lowest BCUT2D eigenvalue weighted by Crippen LogP contribution is -2.39. The number of benzene rings is 1. The highest BCUT2D eigenvalue weighted by Crippen LogP contribution is 2.27. The first-order valence-corrected chi connectivity index (χ1v) is 6.32. The van der Waals surface area contributed by atoms with Crippen LogP contribution < -0.4 is 15.8 Å². The molecule has 3 N–H and O–H groups in total. The number of amides is 1. The summed E-state index contributed by atoms with van der Waals surface area (Å²) < 4.78 is 5.31. The summed E-state index contributed by atoms with van der Waals surface area (Å²) in [5.74, 6) is 0.471. The van der Waals surface area contributed by atoms with Gasteiger partial charge >= 0.3 is 0 Å². The number of hydrogen-bond donors (Lipinski definition) is 2. The summed E-state index contributed by atoms with van der Waals surface area (Å²) in [6, 6.07) is 4.58. The SMILES string of the molecule is CCOc1ccc(NC(=O)C(N)C(C)C)cc1Cl.Cl. The van der Waals surface area contributed by atoms with E-state index in [0.717, 1.165) is 0 Å². The van der Waals surface area contributed by atoms with Crippen LogP contribution in [0, 0.1) is 5.92 Å². The van der Waals surface area contributed by atoms with Crippen molar-refractivity contribution in [2.45, 2.75) is 26.8 Å². The van der Waals surface area contributed by atoms with Crippen LogP contribution in [0.1, 0.15) is 20.8 Å². The highest BCUT2D eigenvalue weighted by atomic mass is 35.5. The Kier molecular flexibility index (Phi) is 7.83. The highest BCUT2D eigenvalue weighted by Gasteiger charge is 2.17. The molecule has 0 radical (unpaired) electrons. The Bertz CT molecular complexity index is 425. The molecule has 0 aliphatic rings. The lowest BCUT2D eigenvalue weighted by Gasteiger charge is -2.16. The molecular weight excluding hydrogens is 287 g/mol. The van der Waals surface area contributed by atoms with Gasteiger partial charge in [-0.3, -0.25) is 4.79 Å². The van der Waals surface area contributed by atoms with Gasteiger partial charge in [-0.2, -0.15) is 0 Å². The first-order valence-electron chi connectivity index (χ1n) is 5.94. The summed E-state index contributed by atoms with van der Waals surface area (Å²) in [7, 11) is 0. The fraction of sp³-hybridized carbons (Fsp3) is 0.462. The molecule has 1 aromatic carbocycles. The van der Waals surface area contributed by atoms with Crippen molar-refractivity contribution in [1.29, 1.82) is 0 Å². The van der Waals surface area contributed by atoms with E-state index >= 15 is 0 Å². The maximum Gasteiger partial charge on any atom is 0.241 e. The van der Waals surface area contributed by atoms with Crippen LogP contribution in [-0.4, -0.2) is 18.6 Å². The van der Waals surface area contributed by atoms with Crippen molar-refractivity contribution in [3.8, 4) is 5.75 Å². The molecule has 0 aliphatic carbocycles. The van der Waals surface area contributed by atoms with Gasteiger partial charge in [-0.25, -0.2) is 0 Å². The van der Waals surface area contributed by atoms with Crippen LogP contribution in [0.4, 0.5) is 5.69 Å².